The Balaban J connectivity index is 1.34. The van der Waals surface area contributed by atoms with Crippen LogP contribution in [0.15, 0.2) is 60.7 Å². The summed E-state index contributed by atoms with van der Waals surface area (Å²) >= 11 is 0. The van der Waals surface area contributed by atoms with Crippen molar-refractivity contribution in [3.05, 3.63) is 100 Å². The van der Waals surface area contributed by atoms with E-state index in [0.717, 1.165) is 30.5 Å². The SMILES string of the molecule is Cc1ccc(C(=O)N2CCC(c3ccc(C#N)cc3)CC2)cc1NC(=O)NCc1ccc(F)c(F)c1. The summed E-state index contributed by atoms with van der Waals surface area (Å²) in [6.45, 7) is 3.08. The minimum atomic E-state index is -0.974. The van der Waals surface area contributed by atoms with Gasteiger partial charge in [0, 0.05) is 30.9 Å². The van der Waals surface area contributed by atoms with Crippen LogP contribution in [-0.4, -0.2) is 29.9 Å². The highest BCUT2D eigenvalue weighted by Crippen LogP contribution is 2.29. The van der Waals surface area contributed by atoms with Gasteiger partial charge in [0.2, 0.25) is 0 Å². The Labute approximate surface area is 208 Å². The molecule has 3 amide bonds. The predicted molar refractivity (Wildman–Crippen MR) is 132 cm³/mol. The molecule has 184 valence electrons. The second kappa shape index (κ2) is 11.0. The molecule has 1 saturated heterocycles. The van der Waals surface area contributed by atoms with Gasteiger partial charge in [-0.05, 0) is 78.8 Å². The first-order valence-corrected chi connectivity index (χ1v) is 11.7. The van der Waals surface area contributed by atoms with E-state index in [1.54, 1.807) is 18.2 Å². The van der Waals surface area contributed by atoms with Gasteiger partial charge in [0.15, 0.2) is 11.6 Å². The summed E-state index contributed by atoms with van der Waals surface area (Å²) in [4.78, 5) is 27.3. The maximum absolute atomic E-state index is 13.4. The lowest BCUT2D eigenvalue weighted by molar-refractivity contribution is 0.0713. The second-order valence-corrected chi connectivity index (χ2v) is 8.89. The molecule has 1 aliphatic rings. The number of nitrogens with one attached hydrogen (secondary N) is 2. The van der Waals surface area contributed by atoms with Gasteiger partial charge in [-0.1, -0.05) is 24.3 Å². The van der Waals surface area contributed by atoms with Crippen molar-refractivity contribution in [2.24, 2.45) is 0 Å². The number of amides is 3. The Morgan fingerprint density at radius 2 is 1.72 bits per heavy atom. The van der Waals surface area contributed by atoms with Gasteiger partial charge in [-0.25, -0.2) is 13.6 Å². The average molecular weight is 489 g/mol. The number of rotatable bonds is 5. The van der Waals surface area contributed by atoms with E-state index in [4.69, 9.17) is 5.26 Å². The molecule has 0 bridgehead atoms. The summed E-state index contributed by atoms with van der Waals surface area (Å²) in [6, 6.07) is 17.8. The van der Waals surface area contributed by atoms with E-state index in [-0.39, 0.29) is 12.5 Å². The quantitative estimate of drug-likeness (QED) is 0.498. The van der Waals surface area contributed by atoms with Crippen LogP contribution in [0.25, 0.3) is 0 Å². The van der Waals surface area contributed by atoms with Crippen molar-refractivity contribution < 1.29 is 18.4 Å². The fourth-order valence-corrected chi connectivity index (χ4v) is 4.32. The molecule has 4 rings (SSSR count). The Kier molecular flexibility index (Phi) is 7.59. The predicted octanol–water partition coefficient (Wildman–Crippen LogP) is 5.49. The first-order valence-electron chi connectivity index (χ1n) is 11.7. The molecule has 0 radical (unpaired) electrons. The summed E-state index contributed by atoms with van der Waals surface area (Å²) in [5.41, 5.74) is 4.00. The van der Waals surface area contributed by atoms with E-state index >= 15 is 0 Å². The summed E-state index contributed by atoms with van der Waals surface area (Å²) in [5.74, 6) is -1.68. The average Bonchev–Trinajstić information content (AvgIpc) is 2.90. The van der Waals surface area contributed by atoms with Gasteiger partial charge in [-0.15, -0.1) is 0 Å². The third-order valence-corrected chi connectivity index (χ3v) is 6.46. The Bertz CT molecular complexity index is 1310. The van der Waals surface area contributed by atoms with Crippen LogP contribution in [0.4, 0.5) is 19.3 Å². The Morgan fingerprint density at radius 1 is 1.00 bits per heavy atom. The van der Waals surface area contributed by atoms with Crippen LogP contribution in [0.2, 0.25) is 0 Å². The fourth-order valence-electron chi connectivity index (χ4n) is 4.32. The number of hydrogen-bond donors (Lipinski definition) is 2. The van der Waals surface area contributed by atoms with Crippen molar-refractivity contribution in [3.63, 3.8) is 0 Å². The van der Waals surface area contributed by atoms with Crippen molar-refractivity contribution in [2.75, 3.05) is 18.4 Å². The highest BCUT2D eigenvalue weighted by atomic mass is 19.2. The first-order chi connectivity index (χ1) is 17.3. The number of likely N-dealkylation sites (tertiary alicyclic amines) is 1. The zero-order valence-electron chi connectivity index (χ0n) is 19.9. The smallest absolute Gasteiger partial charge is 0.319 e. The van der Waals surface area contributed by atoms with Gasteiger partial charge in [-0.2, -0.15) is 5.26 Å². The van der Waals surface area contributed by atoms with Gasteiger partial charge in [0.05, 0.1) is 11.6 Å². The topological polar surface area (TPSA) is 85.2 Å². The molecule has 0 aromatic heterocycles. The molecule has 3 aromatic rings. The van der Waals surface area contributed by atoms with Crippen LogP contribution in [0.5, 0.6) is 0 Å². The van der Waals surface area contributed by atoms with Gasteiger partial charge in [0.25, 0.3) is 5.91 Å². The summed E-state index contributed by atoms with van der Waals surface area (Å²) in [6.07, 6.45) is 1.67. The fraction of sp³-hybridized carbons (Fsp3) is 0.250. The van der Waals surface area contributed by atoms with E-state index in [9.17, 15) is 18.4 Å². The molecule has 1 aliphatic heterocycles. The number of carbonyl (C=O) groups is 2. The number of nitrogens with zero attached hydrogens (tertiary/aromatic N) is 2. The van der Waals surface area contributed by atoms with Gasteiger partial charge in [0.1, 0.15) is 0 Å². The van der Waals surface area contributed by atoms with E-state index in [1.807, 2.05) is 36.1 Å². The van der Waals surface area contributed by atoms with Crippen LogP contribution in [0, 0.1) is 29.9 Å². The minimum absolute atomic E-state index is 0.0227. The monoisotopic (exact) mass is 488 g/mol. The van der Waals surface area contributed by atoms with Crippen molar-refractivity contribution in [1.82, 2.24) is 10.2 Å². The summed E-state index contributed by atoms with van der Waals surface area (Å²) in [7, 11) is 0. The third kappa shape index (κ3) is 5.87. The van der Waals surface area contributed by atoms with Crippen LogP contribution < -0.4 is 10.6 Å². The summed E-state index contributed by atoms with van der Waals surface area (Å²) < 4.78 is 26.4. The van der Waals surface area contributed by atoms with Crippen LogP contribution >= 0.6 is 0 Å². The van der Waals surface area contributed by atoms with E-state index in [1.165, 1.54) is 11.6 Å². The molecule has 2 N–H and O–H groups in total. The summed E-state index contributed by atoms with van der Waals surface area (Å²) in [5, 5.41) is 14.3. The molecule has 0 aliphatic carbocycles. The molecule has 6 nitrogen and oxygen atoms in total. The van der Waals surface area contributed by atoms with E-state index < -0.39 is 17.7 Å². The number of aryl methyl sites for hydroxylation is 1. The largest absolute Gasteiger partial charge is 0.339 e. The molecule has 0 unspecified atom stereocenters. The number of nitriles is 1. The lowest BCUT2D eigenvalue weighted by Gasteiger charge is -2.32. The first kappa shape index (κ1) is 24.9. The minimum Gasteiger partial charge on any atom is -0.339 e. The number of carbonyl (C=O) groups excluding carboxylic acids is 2. The lowest BCUT2D eigenvalue weighted by atomic mass is 9.89. The molecule has 0 spiro atoms. The standard InChI is InChI=1S/C28H26F2N4O2/c1-18-2-6-23(15-26(18)33-28(36)32-17-20-5-9-24(29)25(30)14-20)27(35)34-12-10-22(11-13-34)21-7-3-19(16-31)4-8-21/h2-9,14-15,22H,10-13,17H2,1H3,(H2,32,33,36). The zero-order chi connectivity index (χ0) is 25.7. The Morgan fingerprint density at radius 3 is 2.39 bits per heavy atom. The third-order valence-electron chi connectivity index (χ3n) is 6.46. The maximum atomic E-state index is 13.4. The highest BCUT2D eigenvalue weighted by Gasteiger charge is 2.25. The van der Waals surface area contributed by atoms with Crippen molar-refractivity contribution in [1.29, 1.82) is 5.26 Å². The number of anilines is 1. The van der Waals surface area contributed by atoms with E-state index in [2.05, 4.69) is 16.7 Å². The molecule has 36 heavy (non-hydrogen) atoms. The van der Waals surface area contributed by atoms with Gasteiger partial charge in [-0.3, -0.25) is 4.79 Å². The maximum Gasteiger partial charge on any atom is 0.319 e. The lowest BCUT2D eigenvalue weighted by Crippen LogP contribution is -2.38. The van der Waals surface area contributed by atoms with Crippen molar-refractivity contribution in [2.45, 2.75) is 32.2 Å². The number of urea groups is 1. The van der Waals surface area contributed by atoms with Crippen molar-refractivity contribution >= 4 is 17.6 Å². The highest BCUT2D eigenvalue weighted by molar-refractivity contribution is 5.97. The molecular formula is C28H26F2N4O2. The molecule has 0 atom stereocenters. The molecular weight excluding hydrogens is 462 g/mol. The molecule has 3 aromatic carbocycles. The van der Waals surface area contributed by atoms with Crippen LogP contribution in [0.1, 0.15) is 51.4 Å². The molecule has 1 heterocycles. The van der Waals surface area contributed by atoms with Gasteiger partial charge >= 0.3 is 6.03 Å². The zero-order valence-corrected chi connectivity index (χ0v) is 19.9. The van der Waals surface area contributed by atoms with E-state index in [0.29, 0.717) is 41.4 Å². The molecule has 1 fully saturated rings. The second-order valence-electron chi connectivity index (χ2n) is 8.89. The Hall–Kier alpha value is -4.25. The number of piperidine rings is 1. The number of hydrogen-bond acceptors (Lipinski definition) is 3. The number of halogens is 2. The van der Waals surface area contributed by atoms with Gasteiger partial charge < -0.3 is 15.5 Å². The molecule has 8 heteroatoms. The molecule has 0 saturated carbocycles. The van der Waals surface area contributed by atoms with Crippen LogP contribution in [-0.2, 0) is 6.54 Å². The van der Waals surface area contributed by atoms with Crippen LogP contribution in [0.3, 0.4) is 0 Å². The number of benzene rings is 3. The normalized spacial score (nSPS) is 13.7. The van der Waals surface area contributed by atoms with Crippen molar-refractivity contribution in [3.8, 4) is 6.07 Å².